The number of fused-ring (bicyclic) bond motifs is 2. The van der Waals surface area contributed by atoms with E-state index in [0.29, 0.717) is 71.1 Å². The zero-order chi connectivity index (χ0) is 40.5. The molecule has 0 spiro atoms. The molecule has 0 saturated carbocycles. The van der Waals surface area contributed by atoms with E-state index in [-0.39, 0.29) is 11.6 Å². The van der Waals surface area contributed by atoms with E-state index in [2.05, 4.69) is 36.2 Å². The van der Waals surface area contributed by atoms with Crippen LogP contribution < -0.4 is 33.4 Å². The molecule has 10 rings (SSSR count). The second kappa shape index (κ2) is 14.5. The predicted octanol–water partition coefficient (Wildman–Crippen LogP) is 9.13. The molecular weight excluding hydrogens is 752 g/mol. The van der Waals surface area contributed by atoms with Crippen molar-refractivity contribution in [1.82, 2.24) is 9.91 Å². The Morgan fingerprint density at radius 2 is 1.38 bits per heavy atom. The van der Waals surface area contributed by atoms with Crippen LogP contribution in [0, 0.1) is 0 Å². The van der Waals surface area contributed by atoms with E-state index in [0.717, 1.165) is 59.3 Å². The molecule has 0 aromatic heterocycles. The maximum Gasteiger partial charge on any atom is 0.416 e. The van der Waals surface area contributed by atoms with Gasteiger partial charge in [0, 0.05) is 36.3 Å². The molecule has 0 saturated heterocycles. The van der Waals surface area contributed by atoms with Gasteiger partial charge in [-0.05, 0) is 121 Å². The molecule has 10 nitrogen and oxygen atoms in total. The topological polar surface area (TPSA) is 82.2 Å². The van der Waals surface area contributed by atoms with Crippen molar-refractivity contribution in [3.05, 3.63) is 123 Å². The number of halogens is 3. The zero-order valence-corrected chi connectivity index (χ0v) is 32.7. The Labute approximate surface area is 334 Å². The number of carbonyl (C=O) groups is 1. The molecule has 5 heterocycles. The van der Waals surface area contributed by atoms with Crippen molar-refractivity contribution in [2.45, 2.75) is 43.9 Å². The number of carbonyl (C=O) groups excluding carboxylic acids is 1. The molecular formula is C45H42F3N3O7. The molecule has 1 amide bonds. The molecule has 5 aromatic rings. The molecule has 0 N–H and O–H groups in total. The van der Waals surface area contributed by atoms with E-state index in [9.17, 15) is 18.0 Å². The minimum absolute atomic E-state index is 0.0394. The number of benzene rings is 5. The molecule has 13 heteroatoms. The summed E-state index contributed by atoms with van der Waals surface area (Å²) in [5.41, 5.74) is 5.65. The van der Waals surface area contributed by atoms with E-state index < -0.39 is 23.7 Å². The first-order valence-electron chi connectivity index (χ1n) is 19.1. The van der Waals surface area contributed by atoms with Crippen LogP contribution in [0.5, 0.6) is 46.0 Å². The summed E-state index contributed by atoms with van der Waals surface area (Å²) in [5, 5.41) is 3.50. The van der Waals surface area contributed by atoms with Gasteiger partial charge >= 0.3 is 6.18 Å². The number of hydrogen-bond acceptors (Lipinski definition) is 9. The summed E-state index contributed by atoms with van der Waals surface area (Å²) in [6, 6.07) is 21.5. The van der Waals surface area contributed by atoms with E-state index in [1.807, 2.05) is 29.3 Å². The number of ether oxygens (including phenoxy) is 6. The minimum Gasteiger partial charge on any atom is -0.493 e. The summed E-state index contributed by atoms with van der Waals surface area (Å²) in [5.74, 6) is 3.26. The standard InChI is InChI=1S/C45H42F3N3O7/c1-49-16-14-27-20-36(53-2)39-23-32(27)34(49)18-25-6-12-31(13-7-25)57-38-22-29-19-35-41-28(21-40(55-4)42(56-5)43(41)58-39)15-17-50(35)51(33(29)24-37(38)54-3)44(52)26-8-10-30(11-9-26)45(46,47)48/h6-13,20-24,34-35H,14-19H2,1-5H3/t34?,35-/m0/s1. The predicted molar refractivity (Wildman–Crippen MR) is 210 cm³/mol. The highest BCUT2D eigenvalue weighted by molar-refractivity contribution is 6.06. The van der Waals surface area contributed by atoms with Gasteiger partial charge < -0.3 is 28.4 Å². The lowest BCUT2D eigenvalue weighted by molar-refractivity contribution is -0.137. The SMILES string of the molecule is COc1cc2c3cc1Oc1ccc(cc1)CC1c4cc(c(OC)cc4CCN1C)Oc1c(OC)c(OC)cc4c1[C@H](C3)N(CC4)N2C(=O)c1ccc(C(F)(F)F)cc1. The van der Waals surface area contributed by atoms with Gasteiger partial charge in [0.2, 0.25) is 5.75 Å². The second-order valence-electron chi connectivity index (χ2n) is 15.0. The number of methoxy groups -OCH3 is 4. The van der Waals surface area contributed by atoms with Gasteiger partial charge in [-0.1, -0.05) is 12.1 Å². The number of hydrazine groups is 1. The second-order valence-corrected chi connectivity index (χ2v) is 15.0. The monoisotopic (exact) mass is 793 g/mol. The molecule has 5 aromatic carbocycles. The van der Waals surface area contributed by atoms with Crippen LogP contribution >= 0.6 is 0 Å². The van der Waals surface area contributed by atoms with Gasteiger partial charge in [-0.2, -0.15) is 13.2 Å². The minimum atomic E-state index is -4.56. The lowest BCUT2D eigenvalue weighted by atomic mass is 9.85. The van der Waals surface area contributed by atoms with Crippen LogP contribution in [0.15, 0.2) is 78.9 Å². The molecule has 0 radical (unpaired) electrons. The molecule has 300 valence electrons. The third-order valence-corrected chi connectivity index (χ3v) is 11.8. The Morgan fingerprint density at radius 1 is 0.707 bits per heavy atom. The summed E-state index contributed by atoms with van der Waals surface area (Å²) >= 11 is 0. The lowest BCUT2D eigenvalue weighted by Crippen LogP contribution is -2.54. The van der Waals surface area contributed by atoms with Gasteiger partial charge in [-0.3, -0.25) is 9.69 Å². The fourth-order valence-electron chi connectivity index (χ4n) is 8.87. The van der Waals surface area contributed by atoms with E-state index in [1.54, 1.807) is 32.4 Å². The third-order valence-electron chi connectivity index (χ3n) is 11.8. The number of likely N-dealkylation sites (N-methyl/N-ethyl adjacent to an activating group) is 1. The van der Waals surface area contributed by atoms with Crippen LogP contribution in [0.25, 0.3) is 0 Å². The largest absolute Gasteiger partial charge is 0.493 e. The summed E-state index contributed by atoms with van der Waals surface area (Å²) in [6.07, 6.45) is -2.09. The fourth-order valence-corrected chi connectivity index (χ4v) is 8.87. The molecule has 5 aliphatic rings. The maximum atomic E-state index is 14.8. The van der Waals surface area contributed by atoms with E-state index in [1.165, 1.54) is 24.8 Å². The molecule has 1 unspecified atom stereocenters. The van der Waals surface area contributed by atoms with Crippen molar-refractivity contribution in [3.63, 3.8) is 0 Å². The number of hydrogen-bond donors (Lipinski definition) is 0. The Kier molecular flexibility index (Phi) is 9.39. The zero-order valence-electron chi connectivity index (χ0n) is 32.7. The van der Waals surface area contributed by atoms with Crippen LogP contribution in [-0.4, -0.2) is 64.4 Å². The molecule has 2 atom stereocenters. The Balaban J connectivity index is 1.29. The van der Waals surface area contributed by atoms with Crippen molar-refractivity contribution < 1.29 is 46.4 Å². The maximum absolute atomic E-state index is 14.8. The lowest BCUT2D eigenvalue weighted by Gasteiger charge is -2.48. The highest BCUT2D eigenvalue weighted by Crippen LogP contribution is 2.55. The van der Waals surface area contributed by atoms with Gasteiger partial charge in [-0.15, -0.1) is 0 Å². The fraction of sp³-hybridized carbons (Fsp3) is 0.311. The van der Waals surface area contributed by atoms with Crippen LogP contribution in [0.3, 0.4) is 0 Å². The summed E-state index contributed by atoms with van der Waals surface area (Å²) < 4.78 is 78.3. The van der Waals surface area contributed by atoms with Crippen molar-refractivity contribution in [3.8, 4) is 46.0 Å². The van der Waals surface area contributed by atoms with Crippen molar-refractivity contribution in [1.29, 1.82) is 0 Å². The highest BCUT2D eigenvalue weighted by Gasteiger charge is 2.44. The number of nitrogens with zero attached hydrogens (tertiary/aromatic N) is 3. The van der Waals surface area contributed by atoms with Crippen molar-refractivity contribution in [2.24, 2.45) is 0 Å². The molecule has 58 heavy (non-hydrogen) atoms. The van der Waals surface area contributed by atoms with Gasteiger partial charge in [0.25, 0.3) is 5.91 Å². The average molecular weight is 794 g/mol. The first-order chi connectivity index (χ1) is 28.0. The Bertz CT molecular complexity index is 2420. The number of anilines is 1. The summed E-state index contributed by atoms with van der Waals surface area (Å²) in [6.45, 7) is 1.26. The average Bonchev–Trinajstić information content (AvgIpc) is 3.22. The van der Waals surface area contributed by atoms with Crippen molar-refractivity contribution in [2.75, 3.05) is 53.6 Å². The number of alkyl halides is 3. The Hall–Kier alpha value is -5.92. The van der Waals surface area contributed by atoms with E-state index >= 15 is 0 Å². The summed E-state index contributed by atoms with van der Waals surface area (Å²) in [7, 11) is 8.42. The van der Waals surface area contributed by atoms with Gasteiger partial charge in [0.15, 0.2) is 34.5 Å². The number of rotatable bonds is 5. The van der Waals surface area contributed by atoms with Crippen LogP contribution in [0.2, 0.25) is 0 Å². The molecule has 7 bridgehead atoms. The smallest absolute Gasteiger partial charge is 0.416 e. The first-order valence-corrected chi connectivity index (χ1v) is 19.1. The third kappa shape index (κ3) is 6.33. The van der Waals surface area contributed by atoms with Crippen molar-refractivity contribution >= 4 is 11.6 Å². The summed E-state index contributed by atoms with van der Waals surface area (Å²) in [4.78, 5) is 17.1. The number of amides is 1. The van der Waals surface area contributed by atoms with Crippen LogP contribution in [0.1, 0.15) is 61.4 Å². The first kappa shape index (κ1) is 37.6. The van der Waals surface area contributed by atoms with Crippen LogP contribution in [0.4, 0.5) is 18.9 Å². The molecule has 0 fully saturated rings. The molecule has 5 aliphatic heterocycles. The van der Waals surface area contributed by atoms with Gasteiger partial charge in [0.05, 0.1) is 45.7 Å². The van der Waals surface area contributed by atoms with E-state index in [4.69, 9.17) is 28.4 Å². The van der Waals surface area contributed by atoms with Crippen LogP contribution in [-0.2, 0) is 31.9 Å². The Morgan fingerprint density at radius 3 is 2.07 bits per heavy atom. The normalized spacial score (nSPS) is 18.4. The van der Waals surface area contributed by atoms with Gasteiger partial charge in [0.1, 0.15) is 5.75 Å². The molecule has 0 aliphatic carbocycles. The highest BCUT2D eigenvalue weighted by atomic mass is 19.4. The van der Waals surface area contributed by atoms with Gasteiger partial charge in [-0.25, -0.2) is 10.0 Å². The quantitative estimate of drug-likeness (QED) is 0.173.